The Morgan fingerprint density at radius 2 is 1.71 bits per heavy atom. The molecule has 0 saturated carbocycles. The van der Waals surface area contributed by atoms with Crippen molar-refractivity contribution in [1.82, 2.24) is 9.78 Å². The third-order valence-electron chi connectivity index (χ3n) is 4.86. The lowest BCUT2D eigenvalue weighted by Gasteiger charge is -2.13. The quantitative estimate of drug-likeness (QED) is 0.501. The molecule has 0 saturated heterocycles. The summed E-state index contributed by atoms with van der Waals surface area (Å²) >= 11 is 6.40. The molecular weight excluding hydrogens is 368 g/mol. The van der Waals surface area contributed by atoms with Crippen LogP contribution in [-0.4, -0.2) is 9.78 Å². The zero-order chi connectivity index (χ0) is 20.3. The Balaban J connectivity index is 2.10. The van der Waals surface area contributed by atoms with Crippen LogP contribution in [0.1, 0.15) is 35.6 Å². The molecule has 3 nitrogen and oxygen atoms in total. The summed E-state index contributed by atoms with van der Waals surface area (Å²) in [6.45, 7) is 10.5. The van der Waals surface area contributed by atoms with Crippen LogP contribution in [0.3, 0.4) is 0 Å². The number of nitrogens with zero attached hydrogens (tertiary/aromatic N) is 2. The monoisotopic (exact) mass is 392 g/mol. The van der Waals surface area contributed by atoms with E-state index in [1.54, 1.807) is 0 Å². The summed E-state index contributed by atoms with van der Waals surface area (Å²) in [5.74, 6) is 0. The Morgan fingerprint density at radius 1 is 1.04 bits per heavy atom. The van der Waals surface area contributed by atoms with Gasteiger partial charge in [-0.25, -0.2) is 4.68 Å². The lowest BCUT2D eigenvalue weighted by Crippen LogP contribution is -2.27. The van der Waals surface area contributed by atoms with E-state index in [-0.39, 0.29) is 5.56 Å². The number of halogens is 1. The van der Waals surface area contributed by atoms with Crippen molar-refractivity contribution in [3.05, 3.63) is 98.3 Å². The maximum Gasteiger partial charge on any atom is 0.270 e. The van der Waals surface area contributed by atoms with Gasteiger partial charge in [-0.15, -0.1) is 0 Å². The lowest BCUT2D eigenvalue weighted by molar-refractivity contribution is 0.634. The van der Waals surface area contributed by atoms with E-state index in [9.17, 15) is 4.79 Å². The van der Waals surface area contributed by atoms with Crippen LogP contribution in [0.15, 0.2) is 65.5 Å². The van der Waals surface area contributed by atoms with E-state index < -0.39 is 0 Å². The highest BCUT2D eigenvalue weighted by atomic mass is 35.5. The molecule has 0 aliphatic rings. The third-order valence-corrected chi connectivity index (χ3v) is 5.22. The van der Waals surface area contributed by atoms with E-state index in [2.05, 4.69) is 18.6 Å². The van der Waals surface area contributed by atoms with E-state index in [1.807, 2.05) is 62.4 Å². The number of aryl methyl sites for hydroxylation is 2. The molecule has 0 amide bonds. The number of benzene rings is 2. The Morgan fingerprint density at radius 3 is 2.36 bits per heavy atom. The fourth-order valence-electron chi connectivity index (χ4n) is 3.03. The van der Waals surface area contributed by atoms with Crippen molar-refractivity contribution in [2.45, 2.75) is 40.2 Å². The lowest BCUT2D eigenvalue weighted by atomic mass is 10.0. The first-order valence-electron chi connectivity index (χ1n) is 9.47. The topological polar surface area (TPSA) is 34.9 Å². The van der Waals surface area contributed by atoms with Crippen molar-refractivity contribution in [2.75, 3.05) is 0 Å². The Labute approximate surface area is 171 Å². The first-order valence-corrected chi connectivity index (χ1v) is 9.85. The van der Waals surface area contributed by atoms with Gasteiger partial charge in [0.1, 0.15) is 0 Å². The van der Waals surface area contributed by atoms with E-state index >= 15 is 0 Å². The normalized spacial score (nSPS) is 10.9. The van der Waals surface area contributed by atoms with Gasteiger partial charge >= 0.3 is 0 Å². The van der Waals surface area contributed by atoms with E-state index in [0.29, 0.717) is 23.6 Å². The van der Waals surface area contributed by atoms with Gasteiger partial charge in [0.15, 0.2) is 0 Å². The first-order chi connectivity index (χ1) is 13.4. The highest BCUT2D eigenvalue weighted by Crippen LogP contribution is 2.21. The maximum absolute atomic E-state index is 13.1. The molecule has 3 aromatic rings. The highest BCUT2D eigenvalue weighted by molar-refractivity contribution is 6.31. The number of rotatable bonds is 6. The molecule has 0 radical (unpaired) electrons. The summed E-state index contributed by atoms with van der Waals surface area (Å²) in [4.78, 5) is 13.1. The zero-order valence-electron chi connectivity index (χ0n) is 16.6. The average molecular weight is 393 g/mol. The van der Waals surface area contributed by atoms with Crippen LogP contribution in [0.25, 0.3) is 11.3 Å². The van der Waals surface area contributed by atoms with Crippen LogP contribution >= 0.6 is 11.6 Å². The van der Waals surface area contributed by atoms with Gasteiger partial charge in [0.2, 0.25) is 0 Å². The van der Waals surface area contributed by atoms with Crippen molar-refractivity contribution < 1.29 is 0 Å². The van der Waals surface area contributed by atoms with Gasteiger partial charge in [0.05, 0.1) is 12.2 Å². The standard InChI is InChI=1S/C24H25ClN2O/c1-5-16(2)12-21-14-23(19-9-6-17(3)7-10-19)26-27(24(21)28)15-20-11-8-18(4)13-22(20)25/h6-11,13-14H,2,5,12,15H2,1,3-4H3. The maximum atomic E-state index is 13.1. The second-order valence-corrected chi connectivity index (χ2v) is 7.67. The van der Waals surface area contributed by atoms with Crippen molar-refractivity contribution in [2.24, 2.45) is 0 Å². The Hall–Kier alpha value is -2.65. The molecular formula is C24H25ClN2O. The highest BCUT2D eigenvalue weighted by Gasteiger charge is 2.13. The molecule has 2 aromatic carbocycles. The Bertz CT molecular complexity index is 1060. The predicted molar refractivity (Wildman–Crippen MR) is 117 cm³/mol. The molecule has 0 bridgehead atoms. The zero-order valence-corrected chi connectivity index (χ0v) is 17.4. The van der Waals surface area contributed by atoms with Crippen LogP contribution in [0.2, 0.25) is 5.02 Å². The van der Waals surface area contributed by atoms with E-state index in [1.165, 1.54) is 10.2 Å². The molecule has 0 aliphatic carbocycles. The van der Waals surface area contributed by atoms with Gasteiger partial charge in [-0.2, -0.15) is 5.10 Å². The minimum atomic E-state index is -0.0953. The summed E-state index contributed by atoms with van der Waals surface area (Å²) in [5.41, 5.74) is 6.55. The van der Waals surface area contributed by atoms with Crippen LogP contribution in [-0.2, 0) is 13.0 Å². The molecule has 0 atom stereocenters. The van der Waals surface area contributed by atoms with Gasteiger partial charge in [0.25, 0.3) is 5.56 Å². The van der Waals surface area contributed by atoms with Gasteiger partial charge in [0, 0.05) is 16.1 Å². The predicted octanol–water partition coefficient (Wildman–Crippen LogP) is 5.74. The molecule has 0 spiro atoms. The molecule has 1 aromatic heterocycles. The van der Waals surface area contributed by atoms with Crippen LogP contribution in [0.5, 0.6) is 0 Å². The van der Waals surface area contributed by atoms with Crippen molar-refractivity contribution in [3.63, 3.8) is 0 Å². The van der Waals surface area contributed by atoms with Crippen LogP contribution in [0, 0.1) is 13.8 Å². The average Bonchev–Trinajstić information content (AvgIpc) is 2.67. The van der Waals surface area contributed by atoms with Gasteiger partial charge in [-0.1, -0.05) is 72.6 Å². The van der Waals surface area contributed by atoms with Crippen molar-refractivity contribution in [3.8, 4) is 11.3 Å². The molecule has 0 fully saturated rings. The van der Waals surface area contributed by atoms with Crippen molar-refractivity contribution >= 4 is 11.6 Å². The second-order valence-electron chi connectivity index (χ2n) is 7.26. The van der Waals surface area contributed by atoms with Crippen LogP contribution < -0.4 is 5.56 Å². The van der Waals surface area contributed by atoms with E-state index in [4.69, 9.17) is 11.6 Å². The summed E-state index contributed by atoms with van der Waals surface area (Å²) in [6.07, 6.45) is 1.39. The number of aromatic nitrogens is 2. The fourth-order valence-corrected chi connectivity index (χ4v) is 3.33. The summed E-state index contributed by atoms with van der Waals surface area (Å²) in [7, 11) is 0. The molecule has 0 aliphatic heterocycles. The molecule has 0 N–H and O–H groups in total. The molecule has 0 unspecified atom stereocenters. The fraction of sp³-hybridized carbons (Fsp3) is 0.250. The largest absolute Gasteiger partial charge is 0.270 e. The van der Waals surface area contributed by atoms with Gasteiger partial charge in [-0.05, 0) is 49.9 Å². The van der Waals surface area contributed by atoms with Gasteiger partial charge < -0.3 is 0 Å². The molecule has 1 heterocycles. The number of hydrogen-bond acceptors (Lipinski definition) is 2. The number of allylic oxidation sites excluding steroid dienone is 1. The summed E-state index contributed by atoms with van der Waals surface area (Å²) in [5, 5.41) is 5.29. The smallest absolute Gasteiger partial charge is 0.267 e. The Kier molecular flexibility index (Phi) is 6.15. The summed E-state index contributed by atoms with van der Waals surface area (Å²) in [6, 6.07) is 15.9. The first kappa shape index (κ1) is 20.1. The molecule has 28 heavy (non-hydrogen) atoms. The van der Waals surface area contributed by atoms with Crippen molar-refractivity contribution in [1.29, 1.82) is 0 Å². The minimum Gasteiger partial charge on any atom is -0.267 e. The van der Waals surface area contributed by atoms with E-state index in [0.717, 1.165) is 34.4 Å². The summed E-state index contributed by atoms with van der Waals surface area (Å²) < 4.78 is 1.52. The molecule has 4 heteroatoms. The molecule has 144 valence electrons. The van der Waals surface area contributed by atoms with Gasteiger partial charge in [-0.3, -0.25) is 4.79 Å². The third kappa shape index (κ3) is 4.60. The second kappa shape index (κ2) is 8.57. The molecule has 3 rings (SSSR count). The number of hydrogen-bond donors (Lipinski definition) is 0. The van der Waals surface area contributed by atoms with Crippen LogP contribution in [0.4, 0.5) is 0 Å². The SMILES string of the molecule is C=C(CC)Cc1cc(-c2ccc(C)cc2)nn(Cc2ccc(C)cc2Cl)c1=O. The minimum absolute atomic E-state index is 0.0953.